The molecule has 0 aliphatic carbocycles. The number of carbonyl (C=O) groups is 3. The molecule has 224 valence electrons. The molecule has 0 spiro atoms. The average Bonchev–Trinajstić information content (AvgIpc) is 2.97. The summed E-state index contributed by atoms with van der Waals surface area (Å²) >= 11 is 0. The van der Waals surface area contributed by atoms with E-state index in [1.165, 1.54) is 0 Å². The fourth-order valence-corrected chi connectivity index (χ4v) is 4.29. The summed E-state index contributed by atoms with van der Waals surface area (Å²) in [4.78, 5) is 38.1. The highest BCUT2D eigenvalue weighted by Gasteiger charge is 2.23. The van der Waals surface area contributed by atoms with Crippen molar-refractivity contribution in [3.8, 4) is 0 Å². The maximum absolute atomic E-state index is 13.4. The van der Waals surface area contributed by atoms with Crippen LogP contribution in [0.4, 0.5) is 15.3 Å². The molecule has 42 heavy (non-hydrogen) atoms. The minimum Gasteiger partial charge on any atom is -0.444 e. The predicted octanol–water partition coefficient (Wildman–Crippen LogP) is 5.00. The van der Waals surface area contributed by atoms with Gasteiger partial charge in [0.2, 0.25) is 5.91 Å². The Morgan fingerprint density at radius 1 is 0.762 bits per heavy atom. The molecule has 0 heterocycles. The molecule has 9 heteroatoms. The van der Waals surface area contributed by atoms with Gasteiger partial charge in [-0.1, -0.05) is 78.9 Å². The second-order valence-electron chi connectivity index (χ2n) is 11.1. The van der Waals surface area contributed by atoms with Crippen LogP contribution in [0.15, 0.2) is 91.0 Å². The molecular weight excluding hydrogens is 530 g/mol. The molecule has 0 radical (unpaired) electrons. The highest BCUT2D eigenvalue weighted by Crippen LogP contribution is 2.09. The van der Waals surface area contributed by atoms with Crippen molar-refractivity contribution in [2.45, 2.75) is 64.3 Å². The molecular formula is C33H43N5O4. The van der Waals surface area contributed by atoms with Gasteiger partial charge in [0.25, 0.3) is 0 Å². The van der Waals surface area contributed by atoms with Crippen LogP contribution < -0.4 is 26.6 Å². The molecule has 3 aromatic carbocycles. The van der Waals surface area contributed by atoms with E-state index in [4.69, 9.17) is 4.74 Å². The first-order valence-corrected chi connectivity index (χ1v) is 14.4. The zero-order valence-electron chi connectivity index (χ0n) is 24.7. The van der Waals surface area contributed by atoms with Crippen LogP contribution in [-0.4, -0.2) is 48.8 Å². The lowest BCUT2D eigenvalue weighted by atomic mass is 10.0. The molecule has 0 aromatic heterocycles. The van der Waals surface area contributed by atoms with Crippen molar-refractivity contribution in [3.63, 3.8) is 0 Å². The lowest BCUT2D eigenvalue weighted by molar-refractivity contribution is -0.123. The zero-order valence-corrected chi connectivity index (χ0v) is 24.7. The van der Waals surface area contributed by atoms with Crippen LogP contribution in [0.5, 0.6) is 0 Å². The Morgan fingerprint density at radius 3 is 1.98 bits per heavy atom. The van der Waals surface area contributed by atoms with Gasteiger partial charge in [0.15, 0.2) is 0 Å². The molecule has 9 nitrogen and oxygen atoms in total. The number of ether oxygens (including phenoxy) is 1. The molecule has 0 bridgehead atoms. The zero-order chi connectivity index (χ0) is 30.2. The number of hydrogen-bond acceptors (Lipinski definition) is 5. The Balaban J connectivity index is 1.66. The summed E-state index contributed by atoms with van der Waals surface area (Å²) in [6, 6.07) is 27.8. The van der Waals surface area contributed by atoms with E-state index in [1.54, 1.807) is 0 Å². The van der Waals surface area contributed by atoms with Crippen molar-refractivity contribution in [2.75, 3.05) is 18.4 Å². The van der Waals surface area contributed by atoms with Gasteiger partial charge in [-0.3, -0.25) is 4.79 Å². The second kappa shape index (κ2) is 16.8. The Labute approximate surface area is 248 Å². The third kappa shape index (κ3) is 12.9. The SMILES string of the molecule is CC(C)(C)OC(=O)NCCC[C@H](N[C@H](CNC(=O)Nc1ccccc1)Cc1ccccc1)C(=O)NCc1ccccc1. The molecule has 0 aliphatic heterocycles. The number of rotatable bonds is 14. The predicted molar refractivity (Wildman–Crippen MR) is 166 cm³/mol. The maximum atomic E-state index is 13.4. The fourth-order valence-electron chi connectivity index (χ4n) is 4.29. The molecule has 0 saturated carbocycles. The van der Waals surface area contributed by atoms with Crippen molar-refractivity contribution < 1.29 is 19.1 Å². The molecule has 4 amide bonds. The van der Waals surface area contributed by atoms with Crippen LogP contribution in [0, 0.1) is 0 Å². The number of nitrogens with one attached hydrogen (secondary N) is 5. The minimum atomic E-state index is -0.587. The van der Waals surface area contributed by atoms with Gasteiger partial charge in [-0.15, -0.1) is 0 Å². The largest absolute Gasteiger partial charge is 0.444 e. The topological polar surface area (TPSA) is 121 Å². The number of anilines is 1. The van der Waals surface area contributed by atoms with Crippen molar-refractivity contribution in [3.05, 3.63) is 102 Å². The molecule has 3 aromatic rings. The lowest BCUT2D eigenvalue weighted by Crippen LogP contribution is -2.53. The van der Waals surface area contributed by atoms with Crippen LogP contribution in [0.25, 0.3) is 0 Å². The van der Waals surface area contributed by atoms with E-state index in [-0.39, 0.29) is 18.0 Å². The lowest BCUT2D eigenvalue weighted by Gasteiger charge is -2.26. The van der Waals surface area contributed by atoms with Crippen molar-refractivity contribution in [1.29, 1.82) is 0 Å². The first-order valence-electron chi connectivity index (χ1n) is 14.4. The maximum Gasteiger partial charge on any atom is 0.407 e. The fraction of sp³-hybridized carbons (Fsp3) is 0.364. The number of para-hydroxylation sites is 1. The van der Waals surface area contributed by atoms with Gasteiger partial charge in [-0.2, -0.15) is 0 Å². The van der Waals surface area contributed by atoms with E-state index in [1.807, 2.05) is 112 Å². The van der Waals surface area contributed by atoms with Gasteiger partial charge in [-0.25, -0.2) is 9.59 Å². The van der Waals surface area contributed by atoms with Crippen LogP contribution in [0.1, 0.15) is 44.7 Å². The molecule has 3 rings (SSSR count). The van der Waals surface area contributed by atoms with Crippen molar-refractivity contribution in [1.82, 2.24) is 21.3 Å². The van der Waals surface area contributed by atoms with Gasteiger partial charge in [0.1, 0.15) is 5.60 Å². The number of hydrogen-bond donors (Lipinski definition) is 5. The Kier molecular flexibility index (Phi) is 12.9. The Hall–Kier alpha value is -4.37. The van der Waals surface area contributed by atoms with Crippen LogP contribution in [0.3, 0.4) is 0 Å². The van der Waals surface area contributed by atoms with Gasteiger partial charge >= 0.3 is 12.1 Å². The smallest absolute Gasteiger partial charge is 0.407 e. The normalized spacial score (nSPS) is 12.5. The van der Waals surface area contributed by atoms with E-state index < -0.39 is 17.7 Å². The number of alkyl carbamates (subject to hydrolysis) is 1. The highest BCUT2D eigenvalue weighted by molar-refractivity contribution is 5.89. The summed E-state index contributed by atoms with van der Waals surface area (Å²) in [5, 5.41) is 15.1. The van der Waals surface area contributed by atoms with Crippen molar-refractivity contribution in [2.24, 2.45) is 0 Å². The number of carbonyl (C=O) groups excluding carboxylic acids is 3. The minimum absolute atomic E-state index is 0.150. The summed E-state index contributed by atoms with van der Waals surface area (Å²) in [5.74, 6) is -0.150. The Bertz CT molecular complexity index is 1230. The molecule has 0 aliphatic rings. The summed E-state index contributed by atoms with van der Waals surface area (Å²) in [5.41, 5.74) is 2.18. The third-order valence-electron chi connectivity index (χ3n) is 6.27. The summed E-state index contributed by atoms with van der Waals surface area (Å²) < 4.78 is 5.32. The molecule has 0 saturated heterocycles. The van der Waals surface area contributed by atoms with Gasteiger partial charge in [-0.05, 0) is 63.3 Å². The average molecular weight is 574 g/mol. The summed E-state index contributed by atoms with van der Waals surface area (Å²) in [7, 11) is 0. The van der Waals surface area contributed by atoms with Crippen LogP contribution in [0.2, 0.25) is 0 Å². The first-order chi connectivity index (χ1) is 20.2. The standard InChI is InChI=1S/C33H43N5O4/c1-33(2,3)42-32(41)34-21-13-20-29(30(39)35-23-26-16-9-5-10-17-26)37-28(22-25-14-7-4-8-15-25)24-36-31(40)38-27-18-11-6-12-19-27/h4-12,14-19,28-29,37H,13,20-24H2,1-3H3,(H,34,41)(H,35,39)(H2,36,38,40)/t28-,29-/m0/s1. The number of urea groups is 1. The highest BCUT2D eigenvalue weighted by atomic mass is 16.6. The monoisotopic (exact) mass is 573 g/mol. The first kappa shape index (κ1) is 32.1. The summed E-state index contributed by atoms with van der Waals surface area (Å²) in [6.45, 7) is 6.49. The van der Waals surface area contributed by atoms with E-state index in [9.17, 15) is 14.4 Å². The van der Waals surface area contributed by atoms with Gasteiger partial charge in [0, 0.05) is 31.4 Å². The van der Waals surface area contributed by atoms with E-state index >= 15 is 0 Å². The Morgan fingerprint density at radius 2 is 1.36 bits per heavy atom. The van der Waals surface area contributed by atoms with Crippen LogP contribution >= 0.6 is 0 Å². The number of amides is 4. The van der Waals surface area contributed by atoms with Gasteiger partial charge in [0.05, 0.1) is 6.04 Å². The van der Waals surface area contributed by atoms with E-state index in [0.717, 1.165) is 11.1 Å². The molecule has 0 fully saturated rings. The number of benzene rings is 3. The van der Waals surface area contributed by atoms with E-state index in [2.05, 4.69) is 26.6 Å². The third-order valence-corrected chi connectivity index (χ3v) is 6.27. The quantitative estimate of drug-likeness (QED) is 0.174. The van der Waals surface area contributed by atoms with Crippen molar-refractivity contribution >= 4 is 23.7 Å². The van der Waals surface area contributed by atoms with Gasteiger partial charge < -0.3 is 31.3 Å². The van der Waals surface area contributed by atoms with Crippen LogP contribution in [-0.2, 0) is 22.5 Å². The molecule has 2 atom stereocenters. The molecule has 5 N–H and O–H groups in total. The van der Waals surface area contributed by atoms with E-state index in [0.29, 0.717) is 44.6 Å². The summed E-state index contributed by atoms with van der Waals surface area (Å²) in [6.07, 6.45) is 1.13. The second-order valence-corrected chi connectivity index (χ2v) is 11.1. The molecule has 0 unspecified atom stereocenters.